The van der Waals surface area contributed by atoms with E-state index in [2.05, 4.69) is 349 Å². The van der Waals surface area contributed by atoms with Crippen LogP contribution in [-0.4, -0.2) is 9.13 Å². The van der Waals surface area contributed by atoms with E-state index in [1.807, 2.05) is 0 Å². The van der Waals surface area contributed by atoms with Crippen molar-refractivity contribution in [3.05, 3.63) is 340 Å². The molecule has 2 heterocycles. The number of aromatic nitrogens is 2. The Labute approximate surface area is 501 Å². The van der Waals surface area contributed by atoms with Gasteiger partial charge in [0.15, 0.2) is 0 Å². The highest BCUT2D eigenvalue weighted by atomic mass is 15.0. The largest absolute Gasteiger partial charge is 0.309 e. The third kappa shape index (κ3) is 9.18. The van der Waals surface area contributed by atoms with Crippen molar-refractivity contribution in [3.8, 4) is 112 Å². The highest BCUT2D eigenvalue weighted by Crippen LogP contribution is 2.41. The lowest BCUT2D eigenvalue weighted by atomic mass is 9.94. The van der Waals surface area contributed by atoms with Crippen LogP contribution in [0.2, 0.25) is 0 Å². The van der Waals surface area contributed by atoms with Crippen molar-refractivity contribution >= 4 is 43.6 Å². The van der Waals surface area contributed by atoms with Gasteiger partial charge >= 0.3 is 0 Å². The predicted molar refractivity (Wildman–Crippen MR) is 364 cm³/mol. The molecule has 2 aromatic heterocycles. The maximum Gasteiger partial charge on any atom is 0.0541 e. The lowest BCUT2D eigenvalue weighted by Crippen LogP contribution is -1.97. The van der Waals surface area contributed by atoms with Gasteiger partial charge in [-0.1, -0.05) is 267 Å². The Morgan fingerprint density at radius 2 is 0.430 bits per heavy atom. The van der Waals surface area contributed by atoms with Crippen molar-refractivity contribution in [2.24, 2.45) is 0 Å². The Morgan fingerprint density at radius 1 is 0.151 bits per heavy atom. The molecule has 0 saturated heterocycles. The zero-order valence-corrected chi connectivity index (χ0v) is 47.2. The molecule has 0 bridgehead atoms. The van der Waals surface area contributed by atoms with Gasteiger partial charge in [0.05, 0.1) is 27.8 Å². The summed E-state index contributed by atoms with van der Waals surface area (Å²) in [5.41, 5.74) is 28.6. The summed E-state index contributed by atoms with van der Waals surface area (Å²) in [7, 11) is 0. The van der Waals surface area contributed by atoms with Crippen LogP contribution in [0.4, 0.5) is 0 Å². The molecule has 0 aliphatic heterocycles. The maximum atomic E-state index is 2.45. The zero-order chi connectivity index (χ0) is 56.9. The van der Waals surface area contributed by atoms with Crippen molar-refractivity contribution in [1.29, 1.82) is 0 Å². The molecule has 16 aromatic rings. The number of para-hydroxylation sites is 3. The van der Waals surface area contributed by atoms with Gasteiger partial charge in [0, 0.05) is 32.8 Å². The summed E-state index contributed by atoms with van der Waals surface area (Å²) in [4.78, 5) is 0. The molecule has 2 nitrogen and oxygen atoms in total. The molecule has 0 fully saturated rings. The molecule has 2 heteroatoms. The molecule has 16 rings (SSSR count). The average Bonchev–Trinajstić information content (AvgIpc) is 3.33. The van der Waals surface area contributed by atoms with Gasteiger partial charge < -0.3 is 9.13 Å². The molecule has 0 spiro atoms. The Morgan fingerprint density at radius 3 is 0.895 bits per heavy atom. The monoisotopic (exact) mass is 1090 g/mol. The van der Waals surface area contributed by atoms with Crippen LogP contribution in [0.3, 0.4) is 0 Å². The van der Waals surface area contributed by atoms with Crippen LogP contribution in [0.15, 0.2) is 340 Å². The van der Waals surface area contributed by atoms with Gasteiger partial charge in [-0.05, 0) is 167 Å². The number of fused-ring (bicyclic) bond motifs is 6. The molecule has 0 aliphatic rings. The minimum Gasteiger partial charge on any atom is -0.309 e. The number of hydrogen-bond acceptors (Lipinski definition) is 0. The van der Waals surface area contributed by atoms with E-state index in [4.69, 9.17) is 0 Å². The first-order valence-corrected chi connectivity index (χ1v) is 29.6. The molecule has 0 unspecified atom stereocenters. The summed E-state index contributed by atoms with van der Waals surface area (Å²) in [6.45, 7) is 0. The van der Waals surface area contributed by atoms with E-state index in [1.54, 1.807) is 0 Å². The second kappa shape index (κ2) is 21.5. The lowest BCUT2D eigenvalue weighted by molar-refractivity contribution is 1.18. The van der Waals surface area contributed by atoms with Crippen LogP contribution in [0.5, 0.6) is 0 Å². The number of benzene rings is 14. The van der Waals surface area contributed by atoms with Crippen LogP contribution in [-0.2, 0) is 0 Å². The van der Waals surface area contributed by atoms with Gasteiger partial charge in [-0.25, -0.2) is 0 Å². The first kappa shape index (κ1) is 50.4. The minimum atomic E-state index is 1.15. The van der Waals surface area contributed by atoms with Crippen molar-refractivity contribution in [1.82, 2.24) is 9.13 Å². The number of hydrogen-bond donors (Lipinski definition) is 0. The van der Waals surface area contributed by atoms with E-state index in [0.717, 1.165) is 11.4 Å². The topological polar surface area (TPSA) is 9.86 Å². The van der Waals surface area contributed by atoms with Crippen LogP contribution in [0.1, 0.15) is 0 Å². The first-order chi connectivity index (χ1) is 42.6. The van der Waals surface area contributed by atoms with E-state index in [9.17, 15) is 0 Å². The fraction of sp³-hybridized carbons (Fsp3) is 0. The van der Waals surface area contributed by atoms with Crippen LogP contribution < -0.4 is 0 Å². The fourth-order valence-corrected chi connectivity index (χ4v) is 13.0. The van der Waals surface area contributed by atoms with Gasteiger partial charge in [0.1, 0.15) is 0 Å². The molecule has 86 heavy (non-hydrogen) atoms. The van der Waals surface area contributed by atoms with Crippen molar-refractivity contribution < 1.29 is 0 Å². The Kier molecular flexibility index (Phi) is 12.6. The van der Waals surface area contributed by atoms with E-state index in [-0.39, 0.29) is 0 Å². The van der Waals surface area contributed by atoms with Crippen LogP contribution >= 0.6 is 0 Å². The quantitative estimate of drug-likeness (QED) is 0.122. The predicted octanol–water partition coefficient (Wildman–Crippen LogP) is 22.9. The fourth-order valence-electron chi connectivity index (χ4n) is 13.0. The van der Waals surface area contributed by atoms with Gasteiger partial charge in [0.25, 0.3) is 0 Å². The van der Waals surface area contributed by atoms with Crippen LogP contribution in [0, 0.1) is 0 Å². The number of rotatable bonds is 11. The molecule has 402 valence electrons. The molecule has 0 amide bonds. The van der Waals surface area contributed by atoms with Gasteiger partial charge in [-0.15, -0.1) is 0 Å². The van der Waals surface area contributed by atoms with Crippen molar-refractivity contribution in [3.63, 3.8) is 0 Å². The Bertz CT molecular complexity index is 5160. The SMILES string of the molecule is c1ccc(-c2ccc(-n3c4ccccc4c4cc(-c5ccc6c(c5)c5ccccc5n6-c5ccccc5-c5ccc(-c6ccc(-c7cccc(-c8cccc(-c9ccc(-c%10cccc(-c%11ccccc%11)c%10)cc9)c8)c7)cc6)cc5)ccc43)cc2)cc1. The molecule has 0 saturated carbocycles. The summed E-state index contributed by atoms with van der Waals surface area (Å²) in [5, 5.41) is 4.95. The summed E-state index contributed by atoms with van der Waals surface area (Å²) in [5.74, 6) is 0. The van der Waals surface area contributed by atoms with E-state index in [0.29, 0.717) is 0 Å². The second-order valence-electron chi connectivity index (χ2n) is 22.4. The highest BCUT2D eigenvalue weighted by molar-refractivity contribution is 6.13. The molecule has 14 aromatic carbocycles. The summed E-state index contributed by atoms with van der Waals surface area (Å²) < 4.78 is 4.85. The van der Waals surface area contributed by atoms with Crippen molar-refractivity contribution in [2.75, 3.05) is 0 Å². The third-order valence-electron chi connectivity index (χ3n) is 17.4. The summed E-state index contributed by atoms with van der Waals surface area (Å²) >= 11 is 0. The smallest absolute Gasteiger partial charge is 0.0541 e. The normalized spacial score (nSPS) is 11.5. The molecule has 0 aliphatic carbocycles. The summed E-state index contributed by atoms with van der Waals surface area (Å²) in [6.07, 6.45) is 0. The third-order valence-corrected chi connectivity index (χ3v) is 17.4. The zero-order valence-electron chi connectivity index (χ0n) is 47.2. The molecular formula is C84H56N2. The first-order valence-electron chi connectivity index (χ1n) is 29.6. The Hall–Kier alpha value is -11.3. The molecule has 0 atom stereocenters. The highest BCUT2D eigenvalue weighted by Gasteiger charge is 2.19. The Balaban J connectivity index is 0.654. The molecule has 0 radical (unpaired) electrons. The lowest BCUT2D eigenvalue weighted by Gasteiger charge is -2.15. The average molecular weight is 1090 g/mol. The van der Waals surface area contributed by atoms with E-state index in [1.165, 1.54) is 144 Å². The molecular weight excluding hydrogens is 1040 g/mol. The van der Waals surface area contributed by atoms with E-state index < -0.39 is 0 Å². The van der Waals surface area contributed by atoms with Gasteiger partial charge in [-0.3, -0.25) is 0 Å². The van der Waals surface area contributed by atoms with Gasteiger partial charge in [-0.2, -0.15) is 0 Å². The number of nitrogens with zero attached hydrogens (tertiary/aromatic N) is 2. The van der Waals surface area contributed by atoms with Gasteiger partial charge in [0.2, 0.25) is 0 Å². The minimum absolute atomic E-state index is 1.15. The standard InChI is InChI=1S/C84H56N2/c1-3-16-57(17-4-1)61-44-48-74(49-45-61)85-81-30-11-8-27-76(81)78-55-72(46-50-83(78)85)73-47-51-84-79(56-73)77-28-9-12-31-82(77)86(84)80-29-10-7-26-75(80)65-42-40-60(41-43-65)59-32-34-62(35-33-59)68-22-14-24-70(53-68)71-25-15-23-69(54-71)64-38-36-63(37-39-64)67-21-13-20-66(52-67)58-18-5-2-6-19-58/h1-56H. The van der Waals surface area contributed by atoms with E-state index >= 15 is 0 Å². The maximum absolute atomic E-state index is 2.45. The summed E-state index contributed by atoms with van der Waals surface area (Å²) in [6, 6.07) is 124. The van der Waals surface area contributed by atoms with Crippen LogP contribution in [0.25, 0.3) is 155 Å². The second-order valence-corrected chi connectivity index (χ2v) is 22.4. The van der Waals surface area contributed by atoms with Crippen molar-refractivity contribution in [2.45, 2.75) is 0 Å². The molecule has 0 N–H and O–H groups in total.